The summed E-state index contributed by atoms with van der Waals surface area (Å²) in [6.45, 7) is 3.79. The molecule has 1 amide bonds. The van der Waals surface area contributed by atoms with Crippen LogP contribution in [0.2, 0.25) is 0 Å². The molecule has 1 saturated heterocycles. The lowest BCUT2D eigenvalue weighted by Crippen LogP contribution is -2.45. The minimum absolute atomic E-state index is 0.0691. The van der Waals surface area contributed by atoms with E-state index in [0.717, 1.165) is 11.4 Å². The third-order valence-electron chi connectivity index (χ3n) is 3.82. The molecule has 1 aliphatic heterocycles. The fourth-order valence-electron chi connectivity index (χ4n) is 2.74. The first-order chi connectivity index (χ1) is 11.3. The molecule has 23 heavy (non-hydrogen) atoms. The van der Waals surface area contributed by atoms with E-state index in [1.807, 2.05) is 48.0 Å². The molecule has 2 heterocycles. The summed E-state index contributed by atoms with van der Waals surface area (Å²) in [7, 11) is 0. The number of carbonyl (C=O) groups is 1. The summed E-state index contributed by atoms with van der Waals surface area (Å²) < 4.78 is 12.8. The number of nitrogens with one attached hydrogen (secondary N) is 1. The largest absolute Gasteiger partial charge is 0.376 e. The molecule has 0 saturated carbocycles. The van der Waals surface area contributed by atoms with E-state index in [1.54, 1.807) is 6.20 Å². The molecule has 122 valence electrons. The summed E-state index contributed by atoms with van der Waals surface area (Å²) in [6.07, 6.45) is 3.45. The maximum atomic E-state index is 12.3. The van der Waals surface area contributed by atoms with Crippen molar-refractivity contribution in [2.45, 2.75) is 25.6 Å². The van der Waals surface area contributed by atoms with Crippen LogP contribution < -0.4 is 5.32 Å². The van der Waals surface area contributed by atoms with Crippen LogP contribution in [-0.2, 0) is 20.8 Å². The van der Waals surface area contributed by atoms with Crippen molar-refractivity contribution in [3.8, 4) is 11.4 Å². The number of carbonyl (C=O) groups excluding carboxylic acids is 1. The molecule has 0 bridgehead atoms. The van der Waals surface area contributed by atoms with Gasteiger partial charge in [-0.15, -0.1) is 0 Å². The zero-order chi connectivity index (χ0) is 16.1. The monoisotopic (exact) mass is 315 g/mol. The molecule has 1 fully saturated rings. The first-order valence-corrected chi connectivity index (χ1v) is 7.83. The third-order valence-corrected chi connectivity index (χ3v) is 3.82. The summed E-state index contributed by atoms with van der Waals surface area (Å²) in [5.74, 6) is 0.713. The Labute approximate surface area is 135 Å². The fraction of sp³-hybridized carbons (Fsp3) is 0.412. The highest BCUT2D eigenvalue weighted by Gasteiger charge is 2.30. The maximum absolute atomic E-state index is 12.3. The second-order valence-corrected chi connectivity index (χ2v) is 5.45. The highest BCUT2D eigenvalue weighted by atomic mass is 16.5. The summed E-state index contributed by atoms with van der Waals surface area (Å²) in [5, 5.41) is 2.99. The molecule has 6 heteroatoms. The Morgan fingerprint density at radius 2 is 2.22 bits per heavy atom. The van der Waals surface area contributed by atoms with Crippen LogP contribution in [0.15, 0.2) is 42.7 Å². The van der Waals surface area contributed by atoms with Crippen LogP contribution in [-0.4, -0.2) is 47.4 Å². The van der Waals surface area contributed by atoms with Crippen LogP contribution in [0.3, 0.4) is 0 Å². The van der Waals surface area contributed by atoms with Gasteiger partial charge in [0.15, 0.2) is 0 Å². The SMILES string of the molecule is CCO[C@H]1COC[C@@H]1NC(=O)Cn1ccnc1-c1ccccc1. The molecule has 0 unspecified atom stereocenters. The lowest BCUT2D eigenvalue weighted by atomic mass is 10.2. The average molecular weight is 315 g/mol. The number of benzene rings is 1. The van der Waals surface area contributed by atoms with Crippen LogP contribution in [0.5, 0.6) is 0 Å². The lowest BCUT2D eigenvalue weighted by molar-refractivity contribution is -0.123. The van der Waals surface area contributed by atoms with Gasteiger partial charge in [-0.05, 0) is 6.92 Å². The number of rotatable bonds is 6. The van der Waals surface area contributed by atoms with Crippen LogP contribution in [0.1, 0.15) is 6.92 Å². The predicted molar refractivity (Wildman–Crippen MR) is 85.8 cm³/mol. The highest BCUT2D eigenvalue weighted by Crippen LogP contribution is 2.16. The molecule has 1 N–H and O–H groups in total. The van der Waals surface area contributed by atoms with E-state index in [2.05, 4.69) is 10.3 Å². The Bertz CT molecular complexity index is 642. The van der Waals surface area contributed by atoms with Gasteiger partial charge >= 0.3 is 0 Å². The van der Waals surface area contributed by atoms with Crippen LogP contribution in [0.25, 0.3) is 11.4 Å². The number of amides is 1. The van der Waals surface area contributed by atoms with E-state index in [9.17, 15) is 4.79 Å². The van der Waals surface area contributed by atoms with E-state index < -0.39 is 0 Å². The van der Waals surface area contributed by atoms with Gasteiger partial charge in [0, 0.05) is 24.6 Å². The van der Waals surface area contributed by atoms with Crippen LogP contribution >= 0.6 is 0 Å². The number of hydrogen-bond donors (Lipinski definition) is 1. The Balaban J connectivity index is 1.64. The minimum Gasteiger partial charge on any atom is -0.376 e. The molecule has 3 rings (SSSR count). The second kappa shape index (κ2) is 7.39. The van der Waals surface area contributed by atoms with Crippen LogP contribution in [0.4, 0.5) is 0 Å². The Morgan fingerprint density at radius 1 is 1.39 bits per heavy atom. The van der Waals surface area contributed by atoms with E-state index in [4.69, 9.17) is 9.47 Å². The van der Waals surface area contributed by atoms with Gasteiger partial charge in [0.1, 0.15) is 18.5 Å². The third kappa shape index (κ3) is 3.78. The first-order valence-electron chi connectivity index (χ1n) is 7.83. The number of ether oxygens (including phenoxy) is 2. The second-order valence-electron chi connectivity index (χ2n) is 5.45. The number of nitrogens with zero attached hydrogens (tertiary/aromatic N) is 2. The van der Waals surface area contributed by atoms with Gasteiger partial charge in [0.25, 0.3) is 0 Å². The molecular weight excluding hydrogens is 294 g/mol. The van der Waals surface area contributed by atoms with Gasteiger partial charge in [-0.2, -0.15) is 0 Å². The smallest absolute Gasteiger partial charge is 0.240 e. The van der Waals surface area contributed by atoms with Gasteiger partial charge in [0.05, 0.1) is 19.3 Å². The van der Waals surface area contributed by atoms with E-state index in [1.165, 1.54) is 0 Å². The molecule has 0 radical (unpaired) electrons. The fourth-order valence-corrected chi connectivity index (χ4v) is 2.74. The number of aromatic nitrogens is 2. The summed E-state index contributed by atoms with van der Waals surface area (Å²) >= 11 is 0. The molecule has 2 atom stereocenters. The summed E-state index contributed by atoms with van der Waals surface area (Å²) in [4.78, 5) is 16.7. The van der Waals surface area contributed by atoms with Crippen molar-refractivity contribution in [1.82, 2.24) is 14.9 Å². The van der Waals surface area contributed by atoms with Crippen molar-refractivity contribution < 1.29 is 14.3 Å². The van der Waals surface area contributed by atoms with Crippen molar-refractivity contribution >= 4 is 5.91 Å². The number of hydrogen-bond acceptors (Lipinski definition) is 4. The van der Waals surface area contributed by atoms with Crippen molar-refractivity contribution in [3.05, 3.63) is 42.7 Å². The number of imidazole rings is 1. The Kier molecular flexibility index (Phi) is 5.05. The van der Waals surface area contributed by atoms with Crippen molar-refractivity contribution in [1.29, 1.82) is 0 Å². The summed E-state index contributed by atoms with van der Waals surface area (Å²) in [5.41, 5.74) is 0.988. The molecule has 1 aromatic heterocycles. The van der Waals surface area contributed by atoms with E-state index in [0.29, 0.717) is 19.8 Å². The average Bonchev–Trinajstić information content (AvgIpc) is 3.18. The molecule has 1 aliphatic rings. The van der Waals surface area contributed by atoms with Gasteiger partial charge in [-0.1, -0.05) is 30.3 Å². The summed E-state index contributed by atoms with van der Waals surface area (Å²) in [6, 6.07) is 9.73. The normalized spacial score (nSPS) is 20.6. The molecule has 2 aromatic rings. The van der Waals surface area contributed by atoms with Gasteiger partial charge in [0.2, 0.25) is 5.91 Å². The zero-order valence-electron chi connectivity index (χ0n) is 13.1. The zero-order valence-corrected chi connectivity index (χ0v) is 13.1. The highest BCUT2D eigenvalue weighted by molar-refractivity contribution is 5.77. The Hall–Kier alpha value is -2.18. The standard InChI is InChI=1S/C17H21N3O3/c1-2-23-15-12-22-11-14(15)19-16(21)10-20-9-8-18-17(20)13-6-4-3-5-7-13/h3-9,14-15H,2,10-12H2,1H3,(H,19,21)/t14-,15-/m0/s1. The van der Waals surface area contributed by atoms with Crippen molar-refractivity contribution in [2.24, 2.45) is 0 Å². The first kappa shape index (κ1) is 15.7. The van der Waals surface area contributed by atoms with E-state index in [-0.39, 0.29) is 24.6 Å². The van der Waals surface area contributed by atoms with Gasteiger partial charge in [-0.3, -0.25) is 4.79 Å². The quantitative estimate of drug-likeness (QED) is 0.877. The predicted octanol–water partition coefficient (Wildman–Crippen LogP) is 1.47. The van der Waals surface area contributed by atoms with Crippen LogP contribution in [0, 0.1) is 0 Å². The lowest BCUT2D eigenvalue weighted by Gasteiger charge is -2.19. The Morgan fingerprint density at radius 3 is 3.00 bits per heavy atom. The van der Waals surface area contributed by atoms with Crippen molar-refractivity contribution in [3.63, 3.8) is 0 Å². The van der Waals surface area contributed by atoms with Crippen molar-refractivity contribution in [2.75, 3.05) is 19.8 Å². The van der Waals surface area contributed by atoms with Gasteiger partial charge in [-0.25, -0.2) is 4.98 Å². The molecule has 0 aliphatic carbocycles. The van der Waals surface area contributed by atoms with Gasteiger partial charge < -0.3 is 19.4 Å². The molecule has 6 nitrogen and oxygen atoms in total. The minimum atomic E-state index is -0.0915. The molecule has 1 aromatic carbocycles. The molecule has 0 spiro atoms. The maximum Gasteiger partial charge on any atom is 0.240 e. The topological polar surface area (TPSA) is 65.4 Å². The van der Waals surface area contributed by atoms with E-state index >= 15 is 0 Å². The molecular formula is C17H21N3O3.